The molecule has 0 saturated carbocycles. The van der Waals surface area contributed by atoms with Gasteiger partial charge in [0.15, 0.2) is 11.4 Å². The molecule has 1 atom stereocenters. The lowest BCUT2D eigenvalue weighted by Crippen LogP contribution is -2.42. The lowest BCUT2D eigenvalue weighted by Gasteiger charge is -2.22. The average molecular weight is 309 g/mol. The fraction of sp³-hybridized carbons (Fsp3) is 0.263. The lowest BCUT2D eigenvalue weighted by molar-refractivity contribution is -0.135. The third-order valence-electron chi connectivity index (χ3n) is 4.20. The lowest BCUT2D eigenvalue weighted by atomic mass is 9.88. The van der Waals surface area contributed by atoms with Gasteiger partial charge in [-0.3, -0.25) is 9.59 Å². The number of aliphatic hydroxyl groups is 1. The number of nitrogens with zero attached hydrogens (tertiary/aromatic N) is 1. The maximum absolute atomic E-state index is 12.8. The Morgan fingerprint density at radius 1 is 1.09 bits per heavy atom. The summed E-state index contributed by atoms with van der Waals surface area (Å²) in [6, 6.07) is 15.9. The van der Waals surface area contributed by atoms with Crippen LogP contribution in [0, 0.1) is 0 Å². The summed E-state index contributed by atoms with van der Waals surface area (Å²) < 4.78 is 0. The number of Topliss-reactive ketones (excluding diaryl/α,β-unsaturated/α-hetero) is 1. The second-order valence-electron chi connectivity index (χ2n) is 5.80. The van der Waals surface area contributed by atoms with Gasteiger partial charge in [0, 0.05) is 17.7 Å². The molecule has 0 aliphatic carbocycles. The second kappa shape index (κ2) is 5.97. The highest BCUT2D eigenvalue weighted by molar-refractivity contribution is 6.10. The van der Waals surface area contributed by atoms with E-state index < -0.39 is 11.5 Å². The van der Waals surface area contributed by atoms with Gasteiger partial charge in [0.05, 0.1) is 12.1 Å². The van der Waals surface area contributed by atoms with E-state index >= 15 is 0 Å². The van der Waals surface area contributed by atoms with Crippen LogP contribution < -0.4 is 4.90 Å². The van der Waals surface area contributed by atoms with Crippen molar-refractivity contribution < 1.29 is 14.7 Å². The number of amides is 1. The van der Waals surface area contributed by atoms with Crippen molar-refractivity contribution in [3.8, 4) is 0 Å². The molecule has 1 aliphatic heterocycles. The smallest absolute Gasteiger partial charge is 0.264 e. The van der Waals surface area contributed by atoms with Crippen LogP contribution in [0.5, 0.6) is 0 Å². The van der Waals surface area contributed by atoms with Gasteiger partial charge in [0.25, 0.3) is 5.91 Å². The predicted octanol–water partition coefficient (Wildman–Crippen LogP) is 2.90. The largest absolute Gasteiger partial charge is 0.375 e. The van der Waals surface area contributed by atoms with Crippen molar-refractivity contribution in [2.45, 2.75) is 25.4 Å². The zero-order valence-corrected chi connectivity index (χ0v) is 13.0. The third kappa shape index (κ3) is 2.55. The van der Waals surface area contributed by atoms with Gasteiger partial charge in [-0.15, -0.1) is 0 Å². The molecule has 1 amide bonds. The maximum atomic E-state index is 12.8. The summed E-state index contributed by atoms with van der Waals surface area (Å²) in [5, 5.41) is 11.0. The molecule has 0 unspecified atom stereocenters. The number of carbonyl (C=O) groups is 2. The first kappa shape index (κ1) is 15.4. The molecule has 1 N–H and O–H groups in total. The van der Waals surface area contributed by atoms with Crippen molar-refractivity contribution in [1.29, 1.82) is 0 Å². The van der Waals surface area contributed by atoms with Crippen molar-refractivity contribution in [2.75, 3.05) is 11.4 Å². The Morgan fingerprint density at radius 3 is 2.43 bits per heavy atom. The Balaban J connectivity index is 1.97. The Bertz CT molecular complexity index is 741. The molecule has 3 rings (SSSR count). The van der Waals surface area contributed by atoms with E-state index in [2.05, 4.69) is 0 Å². The van der Waals surface area contributed by atoms with Crippen molar-refractivity contribution in [2.24, 2.45) is 0 Å². The highest BCUT2D eigenvalue weighted by Crippen LogP contribution is 2.42. The molecule has 4 nitrogen and oxygen atoms in total. The molecule has 0 radical (unpaired) electrons. The number of rotatable bonds is 5. The van der Waals surface area contributed by atoms with Crippen LogP contribution in [0.3, 0.4) is 0 Å². The standard InChI is InChI=1S/C19H19NO3/c1-2-12-20-16-11-7-6-10-15(16)19(23,18(20)22)13-17(21)14-8-4-3-5-9-14/h3-11,23H,2,12-13H2,1H3/t19-/m1/s1. The number of benzene rings is 2. The van der Waals surface area contributed by atoms with E-state index in [-0.39, 0.29) is 12.2 Å². The molecule has 0 bridgehead atoms. The highest BCUT2D eigenvalue weighted by Gasteiger charge is 2.50. The Kier molecular flexibility index (Phi) is 4.01. The van der Waals surface area contributed by atoms with Crippen molar-refractivity contribution in [3.63, 3.8) is 0 Å². The fourth-order valence-electron chi connectivity index (χ4n) is 3.08. The third-order valence-corrected chi connectivity index (χ3v) is 4.20. The fourth-order valence-corrected chi connectivity index (χ4v) is 3.08. The average Bonchev–Trinajstić information content (AvgIpc) is 2.78. The molecule has 1 aliphatic rings. The Hall–Kier alpha value is -2.46. The minimum Gasteiger partial charge on any atom is -0.375 e. The summed E-state index contributed by atoms with van der Waals surface area (Å²) in [7, 11) is 0. The molecule has 4 heteroatoms. The maximum Gasteiger partial charge on any atom is 0.264 e. The first-order valence-electron chi connectivity index (χ1n) is 7.80. The summed E-state index contributed by atoms with van der Waals surface area (Å²) in [5.74, 6) is -0.653. The topological polar surface area (TPSA) is 57.6 Å². The van der Waals surface area contributed by atoms with Crippen molar-refractivity contribution >= 4 is 17.4 Å². The molecule has 2 aromatic carbocycles. The molecule has 1 heterocycles. The summed E-state index contributed by atoms with van der Waals surface area (Å²) in [4.78, 5) is 26.8. The van der Waals surface area contributed by atoms with Crippen LogP contribution >= 0.6 is 0 Å². The van der Waals surface area contributed by atoms with Gasteiger partial charge in [0.2, 0.25) is 0 Å². The van der Waals surface area contributed by atoms with E-state index in [4.69, 9.17) is 0 Å². The van der Waals surface area contributed by atoms with Gasteiger partial charge in [-0.05, 0) is 12.5 Å². The van der Waals surface area contributed by atoms with Crippen LogP contribution in [0.15, 0.2) is 54.6 Å². The highest BCUT2D eigenvalue weighted by atomic mass is 16.3. The molecule has 0 saturated heterocycles. The van der Waals surface area contributed by atoms with E-state index in [1.54, 1.807) is 41.3 Å². The number of fused-ring (bicyclic) bond motifs is 1. The van der Waals surface area contributed by atoms with Crippen molar-refractivity contribution in [1.82, 2.24) is 0 Å². The first-order valence-corrected chi connectivity index (χ1v) is 7.80. The summed E-state index contributed by atoms with van der Waals surface area (Å²) >= 11 is 0. The van der Waals surface area contributed by atoms with E-state index in [1.165, 1.54) is 0 Å². The molecule has 0 spiro atoms. The van der Waals surface area contributed by atoms with E-state index in [1.807, 2.05) is 25.1 Å². The predicted molar refractivity (Wildman–Crippen MR) is 88.4 cm³/mol. The van der Waals surface area contributed by atoms with Gasteiger partial charge < -0.3 is 10.0 Å². The molecular formula is C19H19NO3. The molecule has 0 fully saturated rings. The van der Waals surface area contributed by atoms with Crippen LogP contribution in [0.2, 0.25) is 0 Å². The zero-order valence-electron chi connectivity index (χ0n) is 13.0. The molecule has 0 aromatic heterocycles. The number of hydrogen-bond acceptors (Lipinski definition) is 3. The van der Waals surface area contributed by atoms with Gasteiger partial charge in [-0.2, -0.15) is 0 Å². The number of anilines is 1. The van der Waals surface area contributed by atoms with Gasteiger partial charge in [-0.1, -0.05) is 55.5 Å². The van der Waals surface area contributed by atoms with Crippen LogP contribution in [-0.2, 0) is 10.4 Å². The Labute approximate surface area is 135 Å². The van der Waals surface area contributed by atoms with Crippen LogP contribution in [0.25, 0.3) is 0 Å². The number of hydrogen-bond donors (Lipinski definition) is 1. The first-order chi connectivity index (χ1) is 11.1. The normalized spacial score (nSPS) is 19.7. The van der Waals surface area contributed by atoms with E-state index in [0.29, 0.717) is 23.4 Å². The quantitative estimate of drug-likeness (QED) is 0.864. The Morgan fingerprint density at radius 2 is 1.74 bits per heavy atom. The summed E-state index contributed by atoms with van der Waals surface area (Å²) in [5.41, 5.74) is -0.0656. The molecule has 23 heavy (non-hydrogen) atoms. The SMILES string of the molecule is CCCN1C(=O)[C@@](O)(CC(=O)c2ccccc2)c2ccccc21. The van der Waals surface area contributed by atoms with Crippen LogP contribution in [0.1, 0.15) is 35.7 Å². The summed E-state index contributed by atoms with van der Waals surface area (Å²) in [6.45, 7) is 2.50. The van der Waals surface area contributed by atoms with Crippen LogP contribution in [0.4, 0.5) is 5.69 Å². The monoisotopic (exact) mass is 309 g/mol. The molecule has 2 aromatic rings. The van der Waals surface area contributed by atoms with Gasteiger partial charge >= 0.3 is 0 Å². The van der Waals surface area contributed by atoms with Gasteiger partial charge in [-0.25, -0.2) is 0 Å². The zero-order chi connectivity index (χ0) is 16.4. The minimum absolute atomic E-state index is 0.241. The van der Waals surface area contributed by atoms with Gasteiger partial charge in [0.1, 0.15) is 0 Å². The number of ketones is 1. The van der Waals surface area contributed by atoms with E-state index in [0.717, 1.165) is 6.42 Å². The van der Waals surface area contributed by atoms with Crippen molar-refractivity contribution in [3.05, 3.63) is 65.7 Å². The van der Waals surface area contributed by atoms with E-state index in [9.17, 15) is 14.7 Å². The second-order valence-corrected chi connectivity index (χ2v) is 5.80. The minimum atomic E-state index is -1.78. The molecule has 118 valence electrons. The number of carbonyl (C=O) groups excluding carboxylic acids is 2. The summed E-state index contributed by atoms with van der Waals surface area (Å²) in [6.07, 6.45) is 0.538. The number of para-hydroxylation sites is 1. The molecular weight excluding hydrogens is 290 g/mol. The van der Waals surface area contributed by atoms with Crippen LogP contribution in [-0.4, -0.2) is 23.3 Å².